The summed E-state index contributed by atoms with van der Waals surface area (Å²) in [5, 5.41) is 12.7. The van der Waals surface area contributed by atoms with Crippen molar-refractivity contribution in [2.24, 2.45) is 0 Å². The van der Waals surface area contributed by atoms with Crippen molar-refractivity contribution < 1.29 is 14.6 Å². The van der Waals surface area contributed by atoms with E-state index in [1.165, 1.54) is 0 Å². The summed E-state index contributed by atoms with van der Waals surface area (Å²) in [4.78, 5) is 12.2. The fraction of sp³-hybridized carbons (Fsp3) is 0.500. The first-order chi connectivity index (χ1) is 8.50. The molecule has 1 amide bonds. The van der Waals surface area contributed by atoms with Gasteiger partial charge < -0.3 is 15.2 Å². The van der Waals surface area contributed by atoms with Crippen LogP contribution in [0.2, 0.25) is 0 Å². The van der Waals surface area contributed by atoms with Gasteiger partial charge in [-0.2, -0.15) is 0 Å². The molecular formula is C14H19NO3. The normalized spacial score (nSPS) is 23.7. The van der Waals surface area contributed by atoms with E-state index in [0.29, 0.717) is 12.2 Å². The van der Waals surface area contributed by atoms with E-state index in [9.17, 15) is 9.90 Å². The molecule has 1 aromatic carbocycles. The Bertz CT molecular complexity index is 450. The Morgan fingerprint density at radius 1 is 1.50 bits per heavy atom. The Hall–Kier alpha value is -1.55. The fourth-order valence-corrected chi connectivity index (χ4v) is 2.21. The molecule has 1 aromatic rings. The molecule has 0 unspecified atom stereocenters. The Morgan fingerprint density at radius 3 is 2.94 bits per heavy atom. The van der Waals surface area contributed by atoms with Gasteiger partial charge in [0.25, 0.3) is 5.91 Å². The van der Waals surface area contributed by atoms with Crippen LogP contribution in [0.25, 0.3) is 0 Å². The van der Waals surface area contributed by atoms with Gasteiger partial charge in [-0.15, -0.1) is 0 Å². The van der Waals surface area contributed by atoms with Crippen molar-refractivity contribution in [1.29, 1.82) is 0 Å². The standard InChI is InChI=1S/C14H19NO3/c1-10-4-5-12(16)11(8-10)13(17)15-14(2)6-3-7-18-9-14/h4-5,8,16H,3,6-7,9H2,1-2H3,(H,15,17)/t14-/m0/s1. The largest absolute Gasteiger partial charge is 0.507 e. The molecule has 0 aliphatic carbocycles. The van der Waals surface area contributed by atoms with Crippen LogP contribution in [-0.2, 0) is 4.74 Å². The van der Waals surface area contributed by atoms with Gasteiger partial charge in [0, 0.05) is 6.61 Å². The van der Waals surface area contributed by atoms with Crippen LogP contribution in [-0.4, -0.2) is 29.8 Å². The fourth-order valence-electron chi connectivity index (χ4n) is 2.21. The number of aryl methyl sites for hydroxylation is 1. The highest BCUT2D eigenvalue weighted by molar-refractivity contribution is 5.97. The maximum Gasteiger partial charge on any atom is 0.255 e. The molecule has 1 saturated heterocycles. The second kappa shape index (κ2) is 4.98. The van der Waals surface area contributed by atoms with Gasteiger partial charge in [0.05, 0.1) is 17.7 Å². The van der Waals surface area contributed by atoms with Crippen LogP contribution in [0.4, 0.5) is 0 Å². The molecule has 0 bridgehead atoms. The molecule has 1 aliphatic heterocycles. The number of benzene rings is 1. The van der Waals surface area contributed by atoms with Gasteiger partial charge in [0.15, 0.2) is 0 Å². The lowest BCUT2D eigenvalue weighted by Crippen LogP contribution is -2.51. The summed E-state index contributed by atoms with van der Waals surface area (Å²) in [7, 11) is 0. The van der Waals surface area contributed by atoms with E-state index in [4.69, 9.17) is 4.74 Å². The third-order valence-corrected chi connectivity index (χ3v) is 3.25. The topological polar surface area (TPSA) is 58.6 Å². The SMILES string of the molecule is Cc1ccc(O)c(C(=O)N[C@@]2(C)CCCOC2)c1. The van der Waals surface area contributed by atoms with Gasteiger partial charge in [-0.3, -0.25) is 4.79 Å². The molecule has 0 radical (unpaired) electrons. The number of rotatable bonds is 2. The Kier molecular flexibility index (Phi) is 3.57. The van der Waals surface area contributed by atoms with Gasteiger partial charge in [0.1, 0.15) is 5.75 Å². The van der Waals surface area contributed by atoms with Crippen LogP contribution >= 0.6 is 0 Å². The minimum Gasteiger partial charge on any atom is -0.507 e. The first kappa shape index (κ1) is 12.9. The van der Waals surface area contributed by atoms with Crippen LogP contribution < -0.4 is 5.32 Å². The molecule has 1 atom stereocenters. The number of phenolic OH excluding ortho intramolecular Hbond substituents is 1. The highest BCUT2D eigenvalue weighted by Crippen LogP contribution is 2.22. The van der Waals surface area contributed by atoms with Crippen molar-refractivity contribution in [1.82, 2.24) is 5.32 Å². The maximum absolute atomic E-state index is 12.2. The minimum absolute atomic E-state index is 0.0124. The third-order valence-electron chi connectivity index (χ3n) is 3.25. The number of aromatic hydroxyl groups is 1. The number of ether oxygens (including phenoxy) is 1. The zero-order valence-electron chi connectivity index (χ0n) is 10.8. The Balaban J connectivity index is 2.14. The van der Waals surface area contributed by atoms with E-state index >= 15 is 0 Å². The summed E-state index contributed by atoms with van der Waals surface area (Å²) < 4.78 is 5.40. The van der Waals surface area contributed by atoms with Crippen molar-refractivity contribution in [2.45, 2.75) is 32.2 Å². The van der Waals surface area contributed by atoms with Crippen LogP contribution in [0.3, 0.4) is 0 Å². The zero-order valence-corrected chi connectivity index (χ0v) is 10.8. The molecule has 0 spiro atoms. The number of nitrogens with one attached hydrogen (secondary N) is 1. The number of amides is 1. The van der Waals surface area contributed by atoms with E-state index < -0.39 is 0 Å². The molecule has 1 heterocycles. The number of carbonyl (C=O) groups excluding carboxylic acids is 1. The number of hydrogen-bond donors (Lipinski definition) is 2. The molecular weight excluding hydrogens is 230 g/mol. The van der Waals surface area contributed by atoms with Crippen molar-refractivity contribution >= 4 is 5.91 Å². The summed E-state index contributed by atoms with van der Waals surface area (Å²) in [6, 6.07) is 5.01. The lowest BCUT2D eigenvalue weighted by molar-refractivity contribution is 0.0272. The predicted octanol–water partition coefficient (Wildman–Crippen LogP) is 2.00. The van der Waals surface area contributed by atoms with Crippen molar-refractivity contribution in [2.75, 3.05) is 13.2 Å². The minimum atomic E-state index is -0.342. The summed E-state index contributed by atoms with van der Waals surface area (Å²) in [5.41, 5.74) is 0.927. The monoisotopic (exact) mass is 249 g/mol. The molecule has 0 saturated carbocycles. The quantitative estimate of drug-likeness (QED) is 0.842. The summed E-state index contributed by atoms with van der Waals surface area (Å²) in [6.45, 7) is 5.13. The summed E-state index contributed by atoms with van der Waals surface area (Å²) >= 11 is 0. The molecule has 4 nitrogen and oxygen atoms in total. The Morgan fingerprint density at radius 2 is 2.28 bits per heavy atom. The van der Waals surface area contributed by atoms with Gasteiger partial charge in [-0.1, -0.05) is 11.6 Å². The highest BCUT2D eigenvalue weighted by atomic mass is 16.5. The molecule has 4 heteroatoms. The average Bonchev–Trinajstić information content (AvgIpc) is 2.32. The van der Waals surface area contributed by atoms with Crippen LogP contribution in [0.1, 0.15) is 35.7 Å². The highest BCUT2D eigenvalue weighted by Gasteiger charge is 2.30. The first-order valence-electron chi connectivity index (χ1n) is 6.20. The van der Waals surface area contributed by atoms with E-state index in [1.807, 2.05) is 13.8 Å². The number of phenols is 1. The second-order valence-corrected chi connectivity index (χ2v) is 5.19. The average molecular weight is 249 g/mol. The van der Waals surface area contributed by atoms with Gasteiger partial charge in [-0.25, -0.2) is 0 Å². The second-order valence-electron chi connectivity index (χ2n) is 5.19. The van der Waals surface area contributed by atoms with Gasteiger partial charge in [0.2, 0.25) is 0 Å². The number of hydrogen-bond acceptors (Lipinski definition) is 3. The lowest BCUT2D eigenvalue weighted by Gasteiger charge is -2.34. The van der Waals surface area contributed by atoms with Crippen molar-refractivity contribution in [3.63, 3.8) is 0 Å². The van der Waals surface area contributed by atoms with E-state index in [2.05, 4.69) is 5.32 Å². The van der Waals surface area contributed by atoms with Crippen molar-refractivity contribution in [3.8, 4) is 5.75 Å². The van der Waals surface area contributed by atoms with Crippen LogP contribution in [0.5, 0.6) is 5.75 Å². The third kappa shape index (κ3) is 2.82. The molecule has 0 aromatic heterocycles. The molecule has 1 aliphatic rings. The zero-order chi connectivity index (χ0) is 13.2. The molecule has 1 fully saturated rings. The Labute approximate surface area is 107 Å². The molecule has 2 N–H and O–H groups in total. The van der Waals surface area contributed by atoms with E-state index in [1.54, 1.807) is 18.2 Å². The van der Waals surface area contributed by atoms with E-state index in [0.717, 1.165) is 25.0 Å². The van der Waals surface area contributed by atoms with Gasteiger partial charge in [-0.05, 0) is 38.8 Å². The molecule has 18 heavy (non-hydrogen) atoms. The number of carbonyl (C=O) groups is 1. The van der Waals surface area contributed by atoms with Crippen molar-refractivity contribution in [3.05, 3.63) is 29.3 Å². The summed E-state index contributed by atoms with van der Waals surface area (Å²) in [5.74, 6) is -0.234. The predicted molar refractivity (Wildman–Crippen MR) is 68.8 cm³/mol. The molecule has 2 rings (SSSR count). The van der Waals surface area contributed by atoms with Crippen LogP contribution in [0, 0.1) is 6.92 Å². The smallest absolute Gasteiger partial charge is 0.255 e. The molecule has 98 valence electrons. The lowest BCUT2D eigenvalue weighted by atomic mass is 9.94. The maximum atomic E-state index is 12.2. The van der Waals surface area contributed by atoms with Crippen LogP contribution in [0.15, 0.2) is 18.2 Å². The summed E-state index contributed by atoms with van der Waals surface area (Å²) in [6.07, 6.45) is 1.84. The van der Waals surface area contributed by atoms with Gasteiger partial charge >= 0.3 is 0 Å². The van der Waals surface area contributed by atoms with E-state index in [-0.39, 0.29) is 17.2 Å². The first-order valence-corrected chi connectivity index (χ1v) is 6.20.